The number of hydrogen-bond acceptors (Lipinski definition) is 3. The van der Waals surface area contributed by atoms with Crippen molar-refractivity contribution in [3.63, 3.8) is 0 Å². The fraction of sp³-hybridized carbons (Fsp3) is 0.316. The van der Waals surface area contributed by atoms with E-state index in [1.165, 1.54) is 5.56 Å². The lowest BCUT2D eigenvalue weighted by molar-refractivity contribution is 0.340. The largest absolute Gasteiger partial charge is 0.497 e. The molecule has 0 spiro atoms. The van der Waals surface area contributed by atoms with Gasteiger partial charge in [-0.1, -0.05) is 19.1 Å². The Labute approximate surface area is 149 Å². The van der Waals surface area contributed by atoms with Gasteiger partial charge in [-0.25, -0.2) is 0 Å². The van der Waals surface area contributed by atoms with E-state index in [2.05, 4.69) is 29.7 Å². The van der Waals surface area contributed by atoms with Crippen LogP contribution in [0, 0.1) is 0 Å². The second-order valence-corrected chi connectivity index (χ2v) is 5.70. The lowest BCUT2D eigenvalue weighted by Crippen LogP contribution is -2.32. The van der Waals surface area contributed by atoms with Crippen molar-refractivity contribution >= 4 is 23.0 Å². The van der Waals surface area contributed by atoms with Gasteiger partial charge in [0.25, 0.3) is 0 Å². The SMILES string of the molecule is CCOc1ccc(NC(=S)N[C@@H](CC)c2ccc(OC)cc2)cc1. The number of ether oxygens (including phenoxy) is 2. The molecule has 1 atom stereocenters. The number of nitrogens with one attached hydrogen (secondary N) is 2. The van der Waals surface area contributed by atoms with Crippen molar-refractivity contribution in [3.8, 4) is 11.5 Å². The summed E-state index contributed by atoms with van der Waals surface area (Å²) in [6, 6.07) is 15.9. The smallest absolute Gasteiger partial charge is 0.171 e. The van der Waals surface area contributed by atoms with E-state index >= 15 is 0 Å². The first-order valence-electron chi connectivity index (χ1n) is 8.10. The molecule has 0 radical (unpaired) electrons. The molecule has 24 heavy (non-hydrogen) atoms. The fourth-order valence-corrected chi connectivity index (χ4v) is 2.64. The summed E-state index contributed by atoms with van der Waals surface area (Å²) in [5.41, 5.74) is 2.11. The number of thiocarbonyl (C=S) groups is 1. The van der Waals surface area contributed by atoms with Gasteiger partial charge in [-0.2, -0.15) is 0 Å². The summed E-state index contributed by atoms with van der Waals surface area (Å²) in [6.45, 7) is 4.75. The van der Waals surface area contributed by atoms with Crippen molar-refractivity contribution in [1.82, 2.24) is 5.32 Å². The third-order valence-corrected chi connectivity index (χ3v) is 3.87. The summed E-state index contributed by atoms with van der Waals surface area (Å²) < 4.78 is 10.6. The highest BCUT2D eigenvalue weighted by atomic mass is 32.1. The number of methoxy groups -OCH3 is 1. The Hall–Kier alpha value is -2.27. The molecule has 2 aromatic carbocycles. The zero-order valence-corrected chi connectivity index (χ0v) is 15.2. The lowest BCUT2D eigenvalue weighted by Gasteiger charge is -2.20. The maximum absolute atomic E-state index is 5.44. The quantitative estimate of drug-likeness (QED) is 0.722. The second kappa shape index (κ2) is 9.13. The molecule has 2 N–H and O–H groups in total. The highest BCUT2D eigenvalue weighted by molar-refractivity contribution is 7.80. The van der Waals surface area contributed by atoms with Gasteiger partial charge in [0.05, 0.1) is 19.8 Å². The molecule has 128 valence electrons. The standard InChI is InChI=1S/C19H24N2O2S/c1-4-18(14-6-10-16(22-3)11-7-14)21-19(24)20-15-8-12-17(13-9-15)23-5-2/h6-13,18H,4-5H2,1-3H3,(H2,20,21,24)/t18-/m0/s1. The molecule has 0 fully saturated rings. The van der Waals surface area contributed by atoms with Crippen molar-refractivity contribution < 1.29 is 9.47 Å². The van der Waals surface area contributed by atoms with Crippen molar-refractivity contribution in [2.75, 3.05) is 19.0 Å². The monoisotopic (exact) mass is 344 g/mol. The molecular formula is C19H24N2O2S. The summed E-state index contributed by atoms with van der Waals surface area (Å²) in [4.78, 5) is 0. The third kappa shape index (κ3) is 5.13. The first-order valence-corrected chi connectivity index (χ1v) is 8.51. The number of benzene rings is 2. The molecule has 0 aliphatic carbocycles. The molecular weight excluding hydrogens is 320 g/mol. The van der Waals surface area contributed by atoms with Gasteiger partial charge < -0.3 is 20.1 Å². The highest BCUT2D eigenvalue weighted by Gasteiger charge is 2.11. The summed E-state index contributed by atoms with van der Waals surface area (Å²) >= 11 is 5.43. The van der Waals surface area contributed by atoms with Gasteiger partial charge in [-0.05, 0) is 67.5 Å². The molecule has 0 saturated carbocycles. The second-order valence-electron chi connectivity index (χ2n) is 5.29. The Morgan fingerprint density at radius 2 is 1.62 bits per heavy atom. The average molecular weight is 344 g/mol. The zero-order valence-electron chi connectivity index (χ0n) is 14.3. The Morgan fingerprint density at radius 3 is 2.17 bits per heavy atom. The average Bonchev–Trinajstić information content (AvgIpc) is 2.62. The van der Waals surface area contributed by atoms with Gasteiger partial charge in [-0.3, -0.25) is 0 Å². The maximum Gasteiger partial charge on any atom is 0.171 e. The summed E-state index contributed by atoms with van der Waals surface area (Å²) in [7, 11) is 1.67. The summed E-state index contributed by atoms with van der Waals surface area (Å²) in [5, 5.41) is 7.16. The van der Waals surface area contributed by atoms with Gasteiger partial charge in [0.2, 0.25) is 0 Å². The van der Waals surface area contributed by atoms with Crippen molar-refractivity contribution in [2.24, 2.45) is 0 Å². The molecule has 0 heterocycles. The Balaban J connectivity index is 1.95. The molecule has 0 bridgehead atoms. The predicted molar refractivity (Wildman–Crippen MR) is 103 cm³/mol. The van der Waals surface area contributed by atoms with Crippen LogP contribution in [0.15, 0.2) is 48.5 Å². The van der Waals surface area contributed by atoms with Gasteiger partial charge in [-0.15, -0.1) is 0 Å². The molecule has 0 aromatic heterocycles. The Kier molecular flexibility index (Phi) is 6.88. The minimum Gasteiger partial charge on any atom is -0.497 e. The van der Waals surface area contributed by atoms with Crippen molar-refractivity contribution in [2.45, 2.75) is 26.3 Å². The third-order valence-electron chi connectivity index (χ3n) is 3.65. The van der Waals surface area contributed by atoms with Crippen LogP contribution in [0.25, 0.3) is 0 Å². The van der Waals surface area contributed by atoms with Crippen LogP contribution < -0.4 is 20.1 Å². The van der Waals surface area contributed by atoms with Crippen LogP contribution in [-0.2, 0) is 0 Å². The zero-order chi connectivity index (χ0) is 17.4. The first kappa shape index (κ1) is 18.1. The van der Waals surface area contributed by atoms with E-state index in [1.54, 1.807) is 7.11 Å². The molecule has 0 aliphatic heterocycles. The van der Waals surface area contributed by atoms with Gasteiger partial charge in [0.15, 0.2) is 5.11 Å². The van der Waals surface area contributed by atoms with Crippen LogP contribution in [0.5, 0.6) is 11.5 Å². The van der Waals surface area contributed by atoms with E-state index in [-0.39, 0.29) is 6.04 Å². The van der Waals surface area contributed by atoms with Crippen molar-refractivity contribution in [3.05, 3.63) is 54.1 Å². The topological polar surface area (TPSA) is 42.5 Å². The van der Waals surface area contributed by atoms with Gasteiger partial charge >= 0.3 is 0 Å². The van der Waals surface area contributed by atoms with Gasteiger partial charge in [0.1, 0.15) is 11.5 Å². The molecule has 0 aliphatic rings. The maximum atomic E-state index is 5.44. The van der Waals surface area contributed by atoms with E-state index in [1.807, 2.05) is 43.3 Å². The summed E-state index contributed by atoms with van der Waals surface area (Å²) in [6.07, 6.45) is 0.928. The molecule has 2 aromatic rings. The van der Waals surface area contributed by atoms with Crippen LogP contribution >= 0.6 is 12.2 Å². The fourth-order valence-electron chi connectivity index (χ4n) is 2.38. The van der Waals surface area contributed by atoms with Gasteiger partial charge in [0, 0.05) is 5.69 Å². The molecule has 0 unspecified atom stereocenters. The normalized spacial score (nSPS) is 11.5. The molecule has 0 amide bonds. The first-order chi connectivity index (χ1) is 11.7. The van der Waals surface area contributed by atoms with E-state index in [9.17, 15) is 0 Å². The van der Waals surface area contributed by atoms with E-state index in [0.717, 1.165) is 23.6 Å². The summed E-state index contributed by atoms with van der Waals surface area (Å²) in [5.74, 6) is 1.70. The minimum atomic E-state index is 0.151. The van der Waals surface area contributed by atoms with E-state index in [4.69, 9.17) is 21.7 Å². The highest BCUT2D eigenvalue weighted by Crippen LogP contribution is 2.21. The Morgan fingerprint density at radius 1 is 1.00 bits per heavy atom. The van der Waals surface area contributed by atoms with E-state index < -0.39 is 0 Å². The number of anilines is 1. The van der Waals surface area contributed by atoms with Crippen molar-refractivity contribution in [1.29, 1.82) is 0 Å². The predicted octanol–water partition coefficient (Wildman–Crippen LogP) is 4.53. The van der Waals surface area contributed by atoms with Crippen LogP contribution in [0.1, 0.15) is 31.9 Å². The molecule has 5 heteroatoms. The molecule has 4 nitrogen and oxygen atoms in total. The number of rotatable bonds is 7. The minimum absolute atomic E-state index is 0.151. The van der Waals surface area contributed by atoms with E-state index in [0.29, 0.717) is 11.7 Å². The Bertz CT molecular complexity index is 641. The number of hydrogen-bond donors (Lipinski definition) is 2. The molecule has 2 rings (SSSR count). The van der Waals surface area contributed by atoms with Crippen LogP contribution in [-0.4, -0.2) is 18.8 Å². The molecule has 0 saturated heterocycles. The van der Waals surface area contributed by atoms with Crippen LogP contribution in [0.2, 0.25) is 0 Å². The lowest BCUT2D eigenvalue weighted by atomic mass is 10.0. The van der Waals surface area contributed by atoms with Crippen LogP contribution in [0.4, 0.5) is 5.69 Å². The van der Waals surface area contributed by atoms with Crippen LogP contribution in [0.3, 0.4) is 0 Å².